The van der Waals surface area contributed by atoms with Crippen LogP contribution in [0.4, 0.5) is 0 Å². The number of nitrogens with one attached hydrogen (secondary N) is 1. The molecule has 0 amide bonds. The molecule has 1 heterocycles. The van der Waals surface area contributed by atoms with Gasteiger partial charge in [0.1, 0.15) is 0 Å². The highest BCUT2D eigenvalue weighted by Gasteiger charge is 2.20. The van der Waals surface area contributed by atoms with Crippen LogP contribution in [0.1, 0.15) is 65.5 Å². The van der Waals surface area contributed by atoms with Gasteiger partial charge >= 0.3 is 0 Å². The minimum atomic E-state index is 0.0176. The minimum absolute atomic E-state index is 0.0176. The first kappa shape index (κ1) is 15.5. The van der Waals surface area contributed by atoms with E-state index in [4.69, 9.17) is 0 Å². The molecular formula is C16H30N4. The van der Waals surface area contributed by atoms with Gasteiger partial charge in [-0.05, 0) is 52.0 Å². The van der Waals surface area contributed by atoms with Gasteiger partial charge in [0, 0.05) is 6.54 Å². The Balaban J connectivity index is 1.70. The zero-order valence-corrected chi connectivity index (χ0v) is 13.5. The molecule has 0 aromatic carbocycles. The summed E-state index contributed by atoms with van der Waals surface area (Å²) in [6, 6.07) is 0. The molecular weight excluding hydrogens is 248 g/mol. The third-order valence-electron chi connectivity index (χ3n) is 4.51. The van der Waals surface area contributed by atoms with Crippen molar-refractivity contribution in [3.05, 3.63) is 11.9 Å². The molecule has 0 unspecified atom stereocenters. The quantitative estimate of drug-likeness (QED) is 0.898. The highest BCUT2D eigenvalue weighted by Crippen LogP contribution is 2.30. The second kappa shape index (κ2) is 6.70. The Hall–Kier alpha value is -0.900. The van der Waals surface area contributed by atoms with Crippen molar-refractivity contribution < 1.29 is 0 Å². The molecule has 4 heteroatoms. The zero-order chi connectivity index (χ0) is 14.6. The van der Waals surface area contributed by atoms with E-state index < -0.39 is 0 Å². The first-order valence-corrected chi connectivity index (χ1v) is 8.11. The summed E-state index contributed by atoms with van der Waals surface area (Å²) in [5.41, 5.74) is 1.06. The summed E-state index contributed by atoms with van der Waals surface area (Å²) < 4.78 is 1.94. The number of hydrogen-bond acceptors (Lipinski definition) is 3. The van der Waals surface area contributed by atoms with Gasteiger partial charge in [0.25, 0.3) is 0 Å². The Bertz CT molecular complexity index is 397. The highest BCUT2D eigenvalue weighted by atomic mass is 15.4. The lowest BCUT2D eigenvalue weighted by Gasteiger charge is -2.27. The molecule has 0 atom stereocenters. The van der Waals surface area contributed by atoms with E-state index >= 15 is 0 Å². The van der Waals surface area contributed by atoms with Crippen LogP contribution in [0.5, 0.6) is 0 Å². The summed E-state index contributed by atoms with van der Waals surface area (Å²) in [7, 11) is 0. The second-order valence-electron chi connectivity index (χ2n) is 7.25. The van der Waals surface area contributed by atoms with Crippen LogP contribution in [-0.4, -0.2) is 21.5 Å². The van der Waals surface area contributed by atoms with Gasteiger partial charge in [-0.2, -0.15) is 0 Å². The summed E-state index contributed by atoms with van der Waals surface area (Å²) >= 11 is 0. The van der Waals surface area contributed by atoms with Gasteiger partial charge in [0.2, 0.25) is 0 Å². The van der Waals surface area contributed by atoms with Crippen LogP contribution in [-0.2, 0) is 12.1 Å². The zero-order valence-electron chi connectivity index (χ0n) is 13.5. The van der Waals surface area contributed by atoms with Crippen molar-refractivity contribution in [1.82, 2.24) is 20.3 Å². The third kappa shape index (κ3) is 4.30. The second-order valence-corrected chi connectivity index (χ2v) is 7.25. The van der Waals surface area contributed by atoms with Gasteiger partial charge in [-0.1, -0.05) is 31.4 Å². The Kier molecular flexibility index (Phi) is 5.19. The van der Waals surface area contributed by atoms with Gasteiger partial charge in [-0.3, -0.25) is 0 Å². The monoisotopic (exact) mass is 278 g/mol. The Morgan fingerprint density at radius 3 is 2.40 bits per heavy atom. The van der Waals surface area contributed by atoms with Crippen LogP contribution in [0.2, 0.25) is 0 Å². The molecule has 1 aromatic heterocycles. The van der Waals surface area contributed by atoms with Crippen molar-refractivity contribution in [2.75, 3.05) is 6.54 Å². The lowest BCUT2D eigenvalue weighted by atomic mass is 9.81. The smallest absolute Gasteiger partial charge is 0.0965 e. The lowest BCUT2D eigenvalue weighted by molar-refractivity contribution is 0.262. The van der Waals surface area contributed by atoms with Crippen LogP contribution in [0.3, 0.4) is 0 Å². The predicted molar refractivity (Wildman–Crippen MR) is 82.5 cm³/mol. The molecule has 1 aliphatic rings. The van der Waals surface area contributed by atoms with E-state index in [0.717, 1.165) is 30.6 Å². The van der Waals surface area contributed by atoms with E-state index in [1.165, 1.54) is 32.1 Å². The number of nitrogens with zero attached hydrogens (tertiary/aromatic N) is 3. The predicted octanol–water partition coefficient (Wildman–Crippen LogP) is 3.34. The average molecular weight is 278 g/mol. The largest absolute Gasteiger partial charge is 0.311 e. The topological polar surface area (TPSA) is 42.7 Å². The standard InChI is InChI=1S/C16H30N4/c1-5-13-6-8-14(9-7-13)10-17-11-15-12-20(19-18-15)16(2,3)4/h12-14,17H,5-11H2,1-4H3. The third-order valence-corrected chi connectivity index (χ3v) is 4.51. The molecule has 114 valence electrons. The number of rotatable bonds is 5. The molecule has 0 spiro atoms. The maximum atomic E-state index is 4.24. The molecule has 1 saturated carbocycles. The molecule has 1 N–H and O–H groups in total. The molecule has 4 nitrogen and oxygen atoms in total. The fraction of sp³-hybridized carbons (Fsp3) is 0.875. The first-order valence-electron chi connectivity index (χ1n) is 8.11. The number of aromatic nitrogens is 3. The normalized spacial score (nSPS) is 24.0. The molecule has 1 aliphatic carbocycles. The summed E-state index contributed by atoms with van der Waals surface area (Å²) in [5.74, 6) is 1.84. The fourth-order valence-electron chi connectivity index (χ4n) is 2.96. The van der Waals surface area contributed by atoms with Crippen molar-refractivity contribution in [3.63, 3.8) is 0 Å². The Labute approximate surface area is 123 Å². The molecule has 20 heavy (non-hydrogen) atoms. The van der Waals surface area contributed by atoms with Crippen LogP contribution in [0, 0.1) is 11.8 Å². The highest BCUT2D eigenvalue weighted by molar-refractivity contribution is 4.94. The van der Waals surface area contributed by atoms with Crippen molar-refractivity contribution >= 4 is 0 Å². The van der Waals surface area contributed by atoms with Gasteiger partial charge in [0.15, 0.2) is 0 Å². The van der Waals surface area contributed by atoms with Gasteiger partial charge in [-0.25, -0.2) is 4.68 Å². The molecule has 1 fully saturated rings. The van der Waals surface area contributed by atoms with Crippen LogP contribution in [0.15, 0.2) is 6.20 Å². The maximum Gasteiger partial charge on any atom is 0.0965 e. The van der Waals surface area contributed by atoms with Crippen LogP contribution in [0.25, 0.3) is 0 Å². The molecule has 1 aromatic rings. The summed E-state index contributed by atoms with van der Waals surface area (Å²) in [5, 5.41) is 12.0. The van der Waals surface area contributed by atoms with Crippen LogP contribution < -0.4 is 5.32 Å². The van der Waals surface area contributed by atoms with Crippen LogP contribution >= 0.6 is 0 Å². The molecule has 2 rings (SSSR count). The molecule has 0 aliphatic heterocycles. The molecule has 0 saturated heterocycles. The minimum Gasteiger partial charge on any atom is -0.311 e. The van der Waals surface area contributed by atoms with Gasteiger partial charge in [-0.15, -0.1) is 5.10 Å². The maximum absolute atomic E-state index is 4.24. The fourth-order valence-corrected chi connectivity index (χ4v) is 2.96. The van der Waals surface area contributed by atoms with Crippen molar-refractivity contribution in [2.24, 2.45) is 11.8 Å². The summed E-state index contributed by atoms with van der Waals surface area (Å²) in [6.45, 7) is 10.7. The van der Waals surface area contributed by atoms with Crippen molar-refractivity contribution in [2.45, 2.75) is 71.9 Å². The molecule has 0 bridgehead atoms. The van der Waals surface area contributed by atoms with E-state index in [-0.39, 0.29) is 5.54 Å². The van der Waals surface area contributed by atoms with Gasteiger partial charge in [0.05, 0.1) is 17.4 Å². The first-order chi connectivity index (χ1) is 9.49. The lowest BCUT2D eigenvalue weighted by Crippen LogP contribution is -2.26. The average Bonchev–Trinajstić information content (AvgIpc) is 2.88. The SMILES string of the molecule is CCC1CCC(CNCc2cn(C(C)(C)C)nn2)CC1. The van der Waals surface area contributed by atoms with E-state index in [1.54, 1.807) is 0 Å². The Morgan fingerprint density at radius 2 is 1.85 bits per heavy atom. The van der Waals surface area contributed by atoms with E-state index in [1.807, 2.05) is 4.68 Å². The van der Waals surface area contributed by atoms with E-state index in [2.05, 4.69) is 49.5 Å². The van der Waals surface area contributed by atoms with Crippen molar-refractivity contribution in [1.29, 1.82) is 0 Å². The van der Waals surface area contributed by atoms with E-state index in [0.29, 0.717) is 0 Å². The molecule has 0 radical (unpaired) electrons. The number of hydrogen-bond donors (Lipinski definition) is 1. The van der Waals surface area contributed by atoms with Crippen molar-refractivity contribution in [3.8, 4) is 0 Å². The summed E-state index contributed by atoms with van der Waals surface area (Å²) in [4.78, 5) is 0. The summed E-state index contributed by atoms with van der Waals surface area (Å²) in [6.07, 6.45) is 9.03. The Morgan fingerprint density at radius 1 is 1.20 bits per heavy atom. The van der Waals surface area contributed by atoms with Gasteiger partial charge < -0.3 is 5.32 Å². The van der Waals surface area contributed by atoms with E-state index in [9.17, 15) is 0 Å².